The molecule has 0 unspecified atom stereocenters. The lowest BCUT2D eigenvalue weighted by Crippen LogP contribution is -2.62. The minimum atomic E-state index is -1.58. The summed E-state index contributed by atoms with van der Waals surface area (Å²) in [6, 6.07) is -3.13. The molecule has 0 aliphatic heterocycles. The van der Waals surface area contributed by atoms with Gasteiger partial charge in [0.1, 0.15) is 59.5 Å². The summed E-state index contributed by atoms with van der Waals surface area (Å²) in [5.74, 6) is -9.32. The second-order valence-corrected chi connectivity index (χ2v) is 26.6. The third-order valence-electron chi connectivity index (χ3n) is 16.0. The van der Waals surface area contributed by atoms with Gasteiger partial charge in [0, 0.05) is 49.8 Å². The fourth-order valence-electron chi connectivity index (χ4n) is 10.5. The van der Waals surface area contributed by atoms with Crippen molar-refractivity contribution in [2.75, 3.05) is 67.5 Å². The Bertz CT molecular complexity index is 2870. The lowest BCUT2D eigenvalue weighted by Gasteiger charge is -2.30. The normalized spacial score (nSPS) is 15.6. The molecule has 2 aromatic carbocycles. The van der Waals surface area contributed by atoms with Crippen LogP contribution in [0.5, 0.6) is 0 Å². The maximum Gasteiger partial charge on any atom is 0.245 e. The molecule has 29 nitrogen and oxygen atoms in total. The quantitative estimate of drug-likeness (QED) is 0.0288. The number of carbonyl (C=O) groups is 10. The third kappa shape index (κ3) is 25.3. The van der Waals surface area contributed by atoms with Crippen LogP contribution in [0.3, 0.4) is 0 Å². The van der Waals surface area contributed by atoms with Crippen molar-refractivity contribution in [1.82, 2.24) is 63.0 Å². The number of likely N-dealkylation sites (N-methyl/N-ethyl adjacent to an activating group) is 2. The van der Waals surface area contributed by atoms with Gasteiger partial charge >= 0.3 is 0 Å². The first kappa shape index (κ1) is 81.9. The molecule has 534 valence electrons. The maximum atomic E-state index is 14.0. The fraction of sp³-hybridized carbons (Fsp3) is 0.667. The first-order chi connectivity index (χ1) is 44.4. The number of carbonyl (C=O) groups excluding carboxylic acids is 10. The number of amides is 10. The molecule has 0 saturated heterocycles. The van der Waals surface area contributed by atoms with Crippen LogP contribution >= 0.6 is 0 Å². The van der Waals surface area contributed by atoms with Gasteiger partial charge in [-0.05, 0) is 153 Å². The predicted molar refractivity (Wildman–Crippen MR) is 361 cm³/mol. The van der Waals surface area contributed by atoms with Crippen LogP contribution in [-0.4, -0.2) is 230 Å². The van der Waals surface area contributed by atoms with E-state index in [0.717, 1.165) is 22.3 Å². The van der Waals surface area contributed by atoms with Gasteiger partial charge in [-0.2, -0.15) is 0 Å². The molecule has 0 spiro atoms. The van der Waals surface area contributed by atoms with Gasteiger partial charge in [0.25, 0.3) is 0 Å². The van der Waals surface area contributed by atoms with Gasteiger partial charge in [0.2, 0.25) is 59.1 Å². The number of nitrogens with one attached hydrogen (secondary N) is 10. The first-order valence-corrected chi connectivity index (χ1v) is 32.8. The SMILES string of the molecule is CC(C)[C@H](NC(=O)CCc1cc(CCN)c2oc3c(CCN)cc(CCC(=O)N[C@H](C(=O)N[C@H](C(=O)N[C@H](C(=O)N[C@H](C(=O)NCCN(C)C)[C@@H](C)O)C(C)C)[C@@H](C)O)C(C)C)cc3c2c1)C(=O)N[C@H](C(=O)N[C@H](C(=O)N[C@H](C(=O)NCCN(C)C)[C@@H](C)O)C(C)C)[C@@H](C)O. The molecule has 18 N–H and O–H groups in total. The molecule has 1 aromatic heterocycles. The van der Waals surface area contributed by atoms with Crippen molar-refractivity contribution in [3.05, 3.63) is 46.5 Å². The van der Waals surface area contributed by atoms with Crippen molar-refractivity contribution in [2.24, 2.45) is 35.1 Å². The largest absolute Gasteiger partial charge is 0.455 e. The monoisotopic (exact) mass is 1340 g/mol. The lowest BCUT2D eigenvalue weighted by atomic mass is 9.96. The van der Waals surface area contributed by atoms with Crippen molar-refractivity contribution < 1.29 is 72.8 Å². The van der Waals surface area contributed by atoms with Crippen molar-refractivity contribution in [3.8, 4) is 0 Å². The van der Waals surface area contributed by atoms with E-state index < -0.39 is 155 Å². The van der Waals surface area contributed by atoms with E-state index in [-0.39, 0.29) is 51.9 Å². The number of rotatable bonds is 40. The molecule has 10 amide bonds. The van der Waals surface area contributed by atoms with Crippen molar-refractivity contribution in [2.45, 2.75) is 194 Å². The summed E-state index contributed by atoms with van der Waals surface area (Å²) in [6.45, 7) is 20.6. The number of hydrogen-bond acceptors (Lipinski definition) is 19. The van der Waals surface area contributed by atoms with Crippen molar-refractivity contribution >= 4 is 81.0 Å². The Morgan fingerprint density at radius 2 is 0.632 bits per heavy atom. The molecular formula is C66H110N14O15. The highest BCUT2D eigenvalue weighted by Gasteiger charge is 2.38. The number of aryl methyl sites for hydroxylation is 2. The number of benzene rings is 2. The highest BCUT2D eigenvalue weighted by atomic mass is 16.3. The number of aliphatic hydroxyl groups is 4. The smallest absolute Gasteiger partial charge is 0.245 e. The van der Waals surface area contributed by atoms with E-state index in [9.17, 15) is 68.4 Å². The minimum Gasteiger partial charge on any atom is -0.455 e. The lowest BCUT2D eigenvalue weighted by molar-refractivity contribution is -0.137. The first-order valence-electron chi connectivity index (χ1n) is 32.8. The summed E-state index contributed by atoms with van der Waals surface area (Å²) in [6.07, 6.45) is -4.47. The summed E-state index contributed by atoms with van der Waals surface area (Å²) in [5.41, 5.74) is 16.4. The molecule has 3 aromatic rings. The summed E-state index contributed by atoms with van der Waals surface area (Å²) < 4.78 is 6.57. The predicted octanol–water partition coefficient (Wildman–Crippen LogP) is -2.17. The van der Waals surface area contributed by atoms with Gasteiger partial charge in [-0.1, -0.05) is 67.5 Å². The summed E-state index contributed by atoms with van der Waals surface area (Å²) >= 11 is 0. The summed E-state index contributed by atoms with van der Waals surface area (Å²) in [4.78, 5) is 140. The molecule has 29 heteroatoms. The van der Waals surface area contributed by atoms with Gasteiger partial charge in [-0.15, -0.1) is 0 Å². The van der Waals surface area contributed by atoms with E-state index in [1.54, 1.807) is 55.4 Å². The van der Waals surface area contributed by atoms with Crippen LogP contribution in [0.1, 0.15) is 118 Å². The summed E-state index contributed by atoms with van der Waals surface area (Å²) in [7, 11) is 7.27. The van der Waals surface area contributed by atoms with E-state index in [1.165, 1.54) is 27.7 Å². The molecule has 0 bridgehead atoms. The number of fused-ring (bicyclic) bond motifs is 3. The van der Waals surface area contributed by atoms with Crippen LogP contribution in [0.15, 0.2) is 28.7 Å². The number of aliphatic hydroxyl groups excluding tert-OH is 4. The average Bonchev–Trinajstić information content (AvgIpc) is 1.61. The van der Waals surface area contributed by atoms with E-state index in [1.807, 2.05) is 62.3 Å². The zero-order valence-electron chi connectivity index (χ0n) is 58.4. The Labute approximate surface area is 558 Å². The van der Waals surface area contributed by atoms with Crippen molar-refractivity contribution in [1.29, 1.82) is 0 Å². The molecule has 3 rings (SSSR count). The van der Waals surface area contributed by atoms with E-state index in [2.05, 4.69) is 53.2 Å². The summed E-state index contributed by atoms with van der Waals surface area (Å²) in [5, 5.41) is 70.0. The van der Waals surface area contributed by atoms with Gasteiger partial charge in [-0.25, -0.2) is 0 Å². The molecule has 12 atom stereocenters. The maximum absolute atomic E-state index is 14.0. The average molecular weight is 1340 g/mol. The van der Waals surface area contributed by atoms with Crippen LogP contribution in [0.25, 0.3) is 21.9 Å². The number of furan rings is 1. The van der Waals surface area contributed by atoms with Crippen LogP contribution in [0, 0.1) is 23.7 Å². The Morgan fingerprint density at radius 1 is 0.379 bits per heavy atom. The van der Waals surface area contributed by atoms with E-state index in [4.69, 9.17) is 15.9 Å². The van der Waals surface area contributed by atoms with Crippen LogP contribution < -0.4 is 64.6 Å². The van der Waals surface area contributed by atoms with Gasteiger partial charge in [0.15, 0.2) is 0 Å². The van der Waals surface area contributed by atoms with Crippen LogP contribution in [-0.2, 0) is 73.6 Å². The van der Waals surface area contributed by atoms with Gasteiger partial charge < -0.3 is 99.3 Å². The molecule has 0 fully saturated rings. The standard InChI is InChI=1S/C66H110N14O15/c1-33(2)49(61(89)77-55(39(11)83)65(93)73-51(35(5)6)63(91)75-53(37(9)81)59(87)69-25-27-79(13)14)71-47(85)19-17-41-29-43(21-23-67)57-45(31-41)46-32-42(30-44(22-24-68)58(46)95-57)18-20-48(86)72-50(34(3)4)62(90)78-56(40(12)84)66(94)74-52(36(7)8)64(92)76-54(38(10)82)60(88)70-26-28-80(15)16/h29-40,49-56,81-84H,17-28,67-68H2,1-16H3,(H,69,87)(H,70,88)(H,71,85)(H,72,86)(H,73,93)(H,74,94)(H,75,91)(H,76,92)(H,77,89)(H,78,90)/t37-,38-,39-,40-,49+,50+,51+,52+,53+,54+,55+,56+/m1/s1. The second kappa shape index (κ2) is 39.0. The van der Waals surface area contributed by atoms with Crippen LogP contribution in [0.4, 0.5) is 0 Å². The highest BCUT2D eigenvalue weighted by molar-refractivity contribution is 6.08. The fourth-order valence-corrected chi connectivity index (χ4v) is 10.5. The third-order valence-corrected chi connectivity index (χ3v) is 16.0. The molecular weight excluding hydrogens is 1230 g/mol. The molecule has 1 heterocycles. The van der Waals surface area contributed by atoms with E-state index >= 15 is 0 Å². The Hall–Kier alpha value is -7.38. The van der Waals surface area contributed by atoms with Crippen molar-refractivity contribution in [3.63, 3.8) is 0 Å². The molecule has 0 aliphatic carbocycles. The van der Waals surface area contributed by atoms with Crippen LogP contribution in [0.2, 0.25) is 0 Å². The Balaban J connectivity index is 1.81. The molecule has 0 aliphatic rings. The number of nitrogens with two attached hydrogens (primary N) is 2. The minimum absolute atomic E-state index is 0.0862. The Kier molecular flexibility index (Phi) is 33.6. The van der Waals surface area contributed by atoms with Gasteiger partial charge in [0.05, 0.1) is 24.4 Å². The van der Waals surface area contributed by atoms with E-state index in [0.29, 0.717) is 47.9 Å². The molecule has 0 radical (unpaired) electrons. The zero-order chi connectivity index (χ0) is 71.9. The second-order valence-electron chi connectivity index (χ2n) is 26.6. The highest BCUT2D eigenvalue weighted by Crippen LogP contribution is 2.36. The topological polar surface area (TPSA) is 444 Å². The Morgan fingerprint density at radius 3 is 0.884 bits per heavy atom. The molecule has 0 saturated carbocycles. The molecule has 95 heavy (non-hydrogen) atoms. The van der Waals surface area contributed by atoms with Gasteiger partial charge in [-0.3, -0.25) is 47.9 Å². The zero-order valence-corrected chi connectivity index (χ0v) is 58.4. The number of nitrogens with zero attached hydrogens (tertiary/aromatic N) is 2. The number of hydrogen-bond donors (Lipinski definition) is 16.